The molecule has 1 aromatic rings. The highest BCUT2D eigenvalue weighted by Crippen LogP contribution is 2.29. The number of nitrogens with one attached hydrogen (secondary N) is 2. The molecule has 0 radical (unpaired) electrons. The Hall–Kier alpha value is -1.42. The van der Waals surface area contributed by atoms with E-state index in [1.807, 2.05) is 18.2 Å². The van der Waals surface area contributed by atoms with Crippen molar-refractivity contribution in [3.8, 4) is 0 Å². The fourth-order valence-corrected chi connectivity index (χ4v) is 2.62. The highest BCUT2D eigenvalue weighted by molar-refractivity contribution is 5.82. The van der Waals surface area contributed by atoms with Gasteiger partial charge < -0.3 is 10.6 Å². The summed E-state index contributed by atoms with van der Waals surface area (Å²) in [4.78, 5) is 16.5. The third-order valence-corrected chi connectivity index (χ3v) is 3.80. The van der Waals surface area contributed by atoms with Crippen LogP contribution in [-0.4, -0.2) is 30.0 Å². The smallest absolute Gasteiger partial charge is 0.237 e. The second-order valence-electron chi connectivity index (χ2n) is 5.84. The first-order valence-corrected chi connectivity index (χ1v) is 7.00. The predicted octanol–water partition coefficient (Wildman–Crippen LogP) is 1.52. The van der Waals surface area contributed by atoms with Gasteiger partial charge in [0.25, 0.3) is 0 Å². The van der Waals surface area contributed by atoms with Crippen LogP contribution < -0.4 is 10.6 Å². The summed E-state index contributed by atoms with van der Waals surface area (Å²) >= 11 is 0. The molecule has 1 unspecified atom stereocenters. The second kappa shape index (κ2) is 6.15. The summed E-state index contributed by atoms with van der Waals surface area (Å²) in [5.41, 5.74) is 1.05. The fraction of sp³-hybridized carbons (Fsp3) is 0.600. The zero-order valence-electron chi connectivity index (χ0n) is 11.8. The van der Waals surface area contributed by atoms with E-state index in [4.69, 9.17) is 0 Å². The molecule has 0 bridgehead atoms. The van der Waals surface area contributed by atoms with Crippen LogP contribution >= 0.6 is 0 Å². The van der Waals surface area contributed by atoms with Crippen LogP contribution in [0, 0.1) is 5.41 Å². The molecule has 104 valence electrons. The van der Waals surface area contributed by atoms with E-state index in [0.717, 1.165) is 31.5 Å². The zero-order valence-corrected chi connectivity index (χ0v) is 11.8. The summed E-state index contributed by atoms with van der Waals surface area (Å²) in [6.07, 6.45) is 4.80. The van der Waals surface area contributed by atoms with Crippen LogP contribution in [0.2, 0.25) is 0 Å². The lowest BCUT2D eigenvalue weighted by Gasteiger charge is -2.38. The van der Waals surface area contributed by atoms with Crippen molar-refractivity contribution in [2.45, 2.75) is 39.2 Å². The summed E-state index contributed by atoms with van der Waals surface area (Å²) in [6.45, 7) is 5.89. The fourth-order valence-electron chi connectivity index (χ4n) is 2.62. The average Bonchev–Trinajstić information content (AvgIpc) is 2.39. The van der Waals surface area contributed by atoms with Gasteiger partial charge in [0, 0.05) is 24.9 Å². The summed E-state index contributed by atoms with van der Waals surface area (Å²) < 4.78 is 0. The highest BCUT2D eigenvalue weighted by atomic mass is 16.2. The molecule has 2 rings (SSSR count). The number of aromatic nitrogens is 1. The second-order valence-corrected chi connectivity index (χ2v) is 5.84. The number of carbonyl (C=O) groups excluding carboxylic acids is 1. The highest BCUT2D eigenvalue weighted by Gasteiger charge is 2.36. The minimum atomic E-state index is -0.0787. The van der Waals surface area contributed by atoms with E-state index < -0.39 is 0 Å². The molecule has 0 aliphatic carbocycles. The van der Waals surface area contributed by atoms with E-state index in [1.54, 1.807) is 6.20 Å². The van der Waals surface area contributed by atoms with Crippen LogP contribution in [0.1, 0.15) is 32.4 Å². The number of carbonyl (C=O) groups is 1. The standard InChI is InChI=1S/C15H23N3O/c1-15(2)8-5-10-17-13(15)14(19)18-11-7-12-6-3-4-9-16-12/h3-4,6,9,13,17H,5,7-8,10-11H2,1-2H3,(H,18,19). The van der Waals surface area contributed by atoms with Crippen molar-refractivity contribution in [3.05, 3.63) is 30.1 Å². The number of hydrogen-bond acceptors (Lipinski definition) is 3. The monoisotopic (exact) mass is 261 g/mol. The maximum Gasteiger partial charge on any atom is 0.237 e. The molecular weight excluding hydrogens is 238 g/mol. The van der Waals surface area contributed by atoms with Crippen LogP contribution in [0.15, 0.2) is 24.4 Å². The van der Waals surface area contributed by atoms with Crippen molar-refractivity contribution >= 4 is 5.91 Å². The van der Waals surface area contributed by atoms with Crippen LogP contribution in [0.3, 0.4) is 0 Å². The Morgan fingerprint density at radius 3 is 3.05 bits per heavy atom. The number of piperidine rings is 1. The molecule has 1 atom stereocenters. The molecule has 4 heteroatoms. The lowest BCUT2D eigenvalue weighted by Crippen LogP contribution is -2.55. The first-order valence-electron chi connectivity index (χ1n) is 7.00. The van der Waals surface area contributed by atoms with E-state index in [2.05, 4.69) is 29.5 Å². The van der Waals surface area contributed by atoms with Gasteiger partial charge in [0.2, 0.25) is 5.91 Å². The van der Waals surface area contributed by atoms with Crippen molar-refractivity contribution in [2.24, 2.45) is 5.41 Å². The van der Waals surface area contributed by atoms with Gasteiger partial charge >= 0.3 is 0 Å². The Balaban J connectivity index is 1.81. The molecule has 1 aliphatic rings. The van der Waals surface area contributed by atoms with Gasteiger partial charge in [0.15, 0.2) is 0 Å². The molecule has 2 N–H and O–H groups in total. The first-order chi connectivity index (χ1) is 9.09. The maximum absolute atomic E-state index is 12.2. The summed E-state index contributed by atoms with van der Waals surface area (Å²) in [5, 5.41) is 6.35. The Morgan fingerprint density at radius 1 is 1.53 bits per heavy atom. The van der Waals surface area contributed by atoms with Crippen molar-refractivity contribution in [1.82, 2.24) is 15.6 Å². The minimum absolute atomic E-state index is 0.0350. The molecule has 1 saturated heterocycles. The molecule has 2 heterocycles. The van der Waals surface area contributed by atoms with Gasteiger partial charge in [0.05, 0.1) is 6.04 Å². The topological polar surface area (TPSA) is 54.0 Å². The maximum atomic E-state index is 12.2. The molecule has 1 aliphatic heterocycles. The van der Waals surface area contributed by atoms with Crippen molar-refractivity contribution in [1.29, 1.82) is 0 Å². The van der Waals surface area contributed by atoms with Gasteiger partial charge in [0.1, 0.15) is 0 Å². The van der Waals surface area contributed by atoms with Gasteiger partial charge in [-0.3, -0.25) is 9.78 Å². The summed E-state index contributed by atoms with van der Waals surface area (Å²) in [5.74, 6) is 0.112. The molecule has 0 spiro atoms. The van der Waals surface area contributed by atoms with Crippen LogP contribution in [-0.2, 0) is 11.2 Å². The molecule has 0 aromatic carbocycles. The summed E-state index contributed by atoms with van der Waals surface area (Å²) in [6, 6.07) is 5.77. The quantitative estimate of drug-likeness (QED) is 0.864. The van der Waals surface area contributed by atoms with Crippen LogP contribution in [0.25, 0.3) is 0 Å². The molecular formula is C15H23N3O. The number of hydrogen-bond donors (Lipinski definition) is 2. The third-order valence-electron chi connectivity index (χ3n) is 3.80. The molecule has 19 heavy (non-hydrogen) atoms. The van der Waals surface area contributed by atoms with Crippen molar-refractivity contribution in [2.75, 3.05) is 13.1 Å². The van der Waals surface area contributed by atoms with Gasteiger partial charge in [-0.15, -0.1) is 0 Å². The normalized spacial score (nSPS) is 21.9. The van der Waals surface area contributed by atoms with Crippen molar-refractivity contribution in [3.63, 3.8) is 0 Å². The molecule has 0 saturated carbocycles. The van der Waals surface area contributed by atoms with Gasteiger partial charge in [-0.1, -0.05) is 19.9 Å². The number of nitrogens with zero attached hydrogens (tertiary/aromatic N) is 1. The Bertz CT molecular complexity index is 417. The Labute approximate surface area is 115 Å². The molecule has 1 fully saturated rings. The van der Waals surface area contributed by atoms with E-state index in [1.165, 1.54) is 0 Å². The van der Waals surface area contributed by atoms with E-state index in [-0.39, 0.29) is 17.4 Å². The van der Waals surface area contributed by atoms with Gasteiger partial charge in [-0.25, -0.2) is 0 Å². The number of amides is 1. The zero-order chi connectivity index (χ0) is 13.7. The lowest BCUT2D eigenvalue weighted by atomic mass is 9.77. The van der Waals surface area contributed by atoms with Crippen molar-refractivity contribution < 1.29 is 4.79 Å². The first kappa shape index (κ1) is 14.0. The minimum Gasteiger partial charge on any atom is -0.354 e. The third kappa shape index (κ3) is 3.77. The molecule has 1 amide bonds. The number of rotatable bonds is 4. The predicted molar refractivity (Wildman–Crippen MR) is 75.8 cm³/mol. The lowest BCUT2D eigenvalue weighted by molar-refractivity contribution is -0.126. The van der Waals surface area contributed by atoms with E-state index in [0.29, 0.717) is 6.54 Å². The Morgan fingerprint density at radius 2 is 2.37 bits per heavy atom. The van der Waals surface area contributed by atoms with Gasteiger partial charge in [-0.2, -0.15) is 0 Å². The number of pyridine rings is 1. The SMILES string of the molecule is CC1(C)CCCNC1C(=O)NCCc1ccccn1. The summed E-state index contributed by atoms with van der Waals surface area (Å²) in [7, 11) is 0. The Kier molecular flexibility index (Phi) is 4.53. The van der Waals surface area contributed by atoms with Gasteiger partial charge in [-0.05, 0) is 36.9 Å². The largest absolute Gasteiger partial charge is 0.354 e. The average molecular weight is 261 g/mol. The van der Waals surface area contributed by atoms with E-state index >= 15 is 0 Å². The van der Waals surface area contributed by atoms with Crippen LogP contribution in [0.5, 0.6) is 0 Å². The molecule has 4 nitrogen and oxygen atoms in total. The molecule has 1 aromatic heterocycles. The van der Waals surface area contributed by atoms with Crippen LogP contribution in [0.4, 0.5) is 0 Å². The van der Waals surface area contributed by atoms with E-state index in [9.17, 15) is 4.79 Å².